The number of fused-ring (bicyclic) bond motifs is 1. The maximum absolute atomic E-state index is 12.6. The van der Waals surface area contributed by atoms with Crippen LogP contribution in [0.4, 0.5) is 0 Å². The van der Waals surface area contributed by atoms with Crippen LogP contribution in [0.3, 0.4) is 0 Å². The van der Waals surface area contributed by atoms with E-state index in [4.69, 9.17) is 4.74 Å². The van der Waals surface area contributed by atoms with Crippen LogP contribution in [-0.4, -0.2) is 42.5 Å². The number of rotatable bonds is 8. The maximum Gasteiger partial charge on any atom is 0.222 e. The highest BCUT2D eigenvalue weighted by Gasteiger charge is 2.35. The van der Waals surface area contributed by atoms with Crippen molar-refractivity contribution < 1.29 is 14.3 Å². The number of nitrogens with one attached hydrogen (secondary N) is 1. The normalized spacial score (nSPS) is 22.0. The van der Waals surface area contributed by atoms with Crippen LogP contribution >= 0.6 is 0 Å². The van der Waals surface area contributed by atoms with Gasteiger partial charge in [-0.1, -0.05) is 31.0 Å². The zero-order valence-corrected chi connectivity index (χ0v) is 16.2. The fraction of sp³-hybridized carbons (Fsp3) is 0.636. The lowest BCUT2D eigenvalue weighted by Crippen LogP contribution is -2.49. The molecule has 0 radical (unpaired) electrons. The van der Waals surface area contributed by atoms with E-state index in [1.807, 2.05) is 30.3 Å². The summed E-state index contributed by atoms with van der Waals surface area (Å²) >= 11 is 0. The van der Waals surface area contributed by atoms with Crippen molar-refractivity contribution in [2.75, 3.05) is 19.7 Å². The molecule has 0 aromatic heterocycles. The van der Waals surface area contributed by atoms with Gasteiger partial charge in [0.25, 0.3) is 0 Å². The summed E-state index contributed by atoms with van der Waals surface area (Å²) in [4.78, 5) is 26.7. The average molecular weight is 373 g/mol. The zero-order valence-electron chi connectivity index (χ0n) is 16.2. The first-order valence-corrected chi connectivity index (χ1v) is 10.5. The van der Waals surface area contributed by atoms with Gasteiger partial charge in [-0.25, -0.2) is 0 Å². The van der Waals surface area contributed by atoms with Crippen molar-refractivity contribution in [2.45, 2.75) is 63.8 Å². The first kappa shape index (κ1) is 19.7. The minimum atomic E-state index is -0.00588. The summed E-state index contributed by atoms with van der Waals surface area (Å²) in [5.41, 5.74) is 0. The van der Waals surface area contributed by atoms with Gasteiger partial charge in [-0.3, -0.25) is 9.59 Å². The summed E-state index contributed by atoms with van der Waals surface area (Å²) in [5, 5.41) is 2.86. The number of carbonyl (C=O) groups excluding carboxylic acids is 2. The number of hydrogen-bond acceptors (Lipinski definition) is 3. The van der Waals surface area contributed by atoms with Crippen LogP contribution < -0.4 is 10.1 Å². The number of nitrogens with zero attached hydrogens (tertiary/aromatic N) is 1. The van der Waals surface area contributed by atoms with E-state index in [1.54, 1.807) is 0 Å². The second-order valence-electron chi connectivity index (χ2n) is 7.71. The summed E-state index contributed by atoms with van der Waals surface area (Å²) in [6.07, 6.45) is 8.93. The van der Waals surface area contributed by atoms with Crippen molar-refractivity contribution in [3.8, 4) is 5.75 Å². The Bertz CT molecular complexity index is 603. The molecule has 2 fully saturated rings. The standard InChI is InChI=1S/C22H32N2O3/c25-21(23-15-17-27-19-10-2-1-3-11-19)13-6-14-22(26)24-16-7-9-18-8-4-5-12-20(18)24/h1-3,10-11,18,20H,4-9,12-17H2,(H,23,25). The Labute approximate surface area is 162 Å². The van der Waals surface area contributed by atoms with Gasteiger partial charge in [0.05, 0.1) is 6.54 Å². The van der Waals surface area contributed by atoms with E-state index in [2.05, 4.69) is 10.2 Å². The van der Waals surface area contributed by atoms with Gasteiger partial charge < -0.3 is 15.0 Å². The molecular formula is C22H32N2O3. The van der Waals surface area contributed by atoms with E-state index < -0.39 is 0 Å². The molecule has 2 unspecified atom stereocenters. The number of ether oxygens (including phenoxy) is 1. The lowest BCUT2D eigenvalue weighted by molar-refractivity contribution is -0.137. The molecule has 5 heteroatoms. The molecule has 1 heterocycles. The lowest BCUT2D eigenvalue weighted by Gasteiger charge is -2.44. The minimum absolute atomic E-state index is 0.00588. The molecule has 0 bridgehead atoms. The van der Waals surface area contributed by atoms with Gasteiger partial charge in [-0.05, 0) is 50.2 Å². The third kappa shape index (κ3) is 5.98. The van der Waals surface area contributed by atoms with Crippen molar-refractivity contribution in [3.63, 3.8) is 0 Å². The molecule has 1 aromatic carbocycles. The van der Waals surface area contributed by atoms with Crippen molar-refractivity contribution in [1.82, 2.24) is 10.2 Å². The van der Waals surface area contributed by atoms with Crippen LogP contribution in [0.2, 0.25) is 0 Å². The monoisotopic (exact) mass is 372 g/mol. The molecule has 0 spiro atoms. The van der Waals surface area contributed by atoms with Crippen LogP contribution in [0, 0.1) is 5.92 Å². The molecule has 1 aromatic rings. The highest BCUT2D eigenvalue weighted by molar-refractivity contribution is 5.79. The van der Waals surface area contributed by atoms with Crippen molar-refractivity contribution in [3.05, 3.63) is 30.3 Å². The van der Waals surface area contributed by atoms with Crippen LogP contribution in [0.15, 0.2) is 30.3 Å². The molecule has 1 aliphatic carbocycles. The van der Waals surface area contributed by atoms with Crippen LogP contribution in [0.25, 0.3) is 0 Å². The first-order chi connectivity index (χ1) is 13.2. The zero-order chi connectivity index (χ0) is 18.9. The molecule has 3 rings (SSSR count). The Morgan fingerprint density at radius 1 is 1.04 bits per heavy atom. The van der Waals surface area contributed by atoms with E-state index in [0.29, 0.717) is 44.4 Å². The van der Waals surface area contributed by atoms with E-state index in [1.165, 1.54) is 25.7 Å². The summed E-state index contributed by atoms with van der Waals surface area (Å²) in [6.45, 7) is 1.84. The summed E-state index contributed by atoms with van der Waals surface area (Å²) in [7, 11) is 0. The first-order valence-electron chi connectivity index (χ1n) is 10.5. The van der Waals surface area contributed by atoms with Crippen molar-refractivity contribution in [1.29, 1.82) is 0 Å². The average Bonchev–Trinajstić information content (AvgIpc) is 2.71. The predicted octanol–water partition coefficient (Wildman–Crippen LogP) is 3.53. The number of likely N-dealkylation sites (tertiary alicyclic amines) is 1. The van der Waals surface area contributed by atoms with Gasteiger partial charge >= 0.3 is 0 Å². The Balaban J connectivity index is 1.29. The van der Waals surface area contributed by atoms with E-state index >= 15 is 0 Å². The Morgan fingerprint density at radius 2 is 1.81 bits per heavy atom. The highest BCUT2D eigenvalue weighted by atomic mass is 16.5. The Kier molecular flexibility index (Phi) is 7.55. The minimum Gasteiger partial charge on any atom is -0.492 e. The summed E-state index contributed by atoms with van der Waals surface area (Å²) in [6, 6.07) is 10.0. The molecule has 5 nitrogen and oxygen atoms in total. The number of benzene rings is 1. The fourth-order valence-electron chi connectivity index (χ4n) is 4.44. The van der Waals surface area contributed by atoms with E-state index in [9.17, 15) is 9.59 Å². The summed E-state index contributed by atoms with van der Waals surface area (Å²) in [5.74, 6) is 1.75. The largest absolute Gasteiger partial charge is 0.492 e. The van der Waals surface area contributed by atoms with Gasteiger partial charge in [-0.15, -0.1) is 0 Å². The fourth-order valence-corrected chi connectivity index (χ4v) is 4.44. The van der Waals surface area contributed by atoms with Gasteiger partial charge in [0.2, 0.25) is 11.8 Å². The molecular weight excluding hydrogens is 340 g/mol. The molecule has 148 valence electrons. The molecule has 1 saturated heterocycles. The Hall–Kier alpha value is -2.04. The second kappa shape index (κ2) is 10.3. The number of amides is 2. The van der Waals surface area contributed by atoms with E-state index in [0.717, 1.165) is 25.1 Å². The molecule has 2 aliphatic rings. The molecule has 2 atom stereocenters. The van der Waals surface area contributed by atoms with Crippen molar-refractivity contribution in [2.24, 2.45) is 5.92 Å². The number of hydrogen-bond donors (Lipinski definition) is 1. The van der Waals surface area contributed by atoms with Gasteiger partial charge in [-0.2, -0.15) is 0 Å². The number of piperidine rings is 1. The predicted molar refractivity (Wildman–Crippen MR) is 105 cm³/mol. The molecule has 2 amide bonds. The molecule has 1 saturated carbocycles. The second-order valence-corrected chi connectivity index (χ2v) is 7.71. The topological polar surface area (TPSA) is 58.6 Å². The maximum atomic E-state index is 12.6. The summed E-state index contributed by atoms with van der Waals surface area (Å²) < 4.78 is 5.55. The van der Waals surface area contributed by atoms with Crippen molar-refractivity contribution >= 4 is 11.8 Å². The third-order valence-corrected chi connectivity index (χ3v) is 5.79. The van der Waals surface area contributed by atoms with E-state index in [-0.39, 0.29) is 11.8 Å². The Morgan fingerprint density at radius 3 is 2.67 bits per heavy atom. The number of para-hydroxylation sites is 1. The van der Waals surface area contributed by atoms with Crippen LogP contribution in [0.5, 0.6) is 5.75 Å². The molecule has 27 heavy (non-hydrogen) atoms. The van der Waals surface area contributed by atoms with Gasteiger partial charge in [0.15, 0.2) is 0 Å². The molecule has 1 aliphatic heterocycles. The van der Waals surface area contributed by atoms with Gasteiger partial charge in [0, 0.05) is 25.4 Å². The smallest absolute Gasteiger partial charge is 0.222 e. The van der Waals surface area contributed by atoms with Crippen LogP contribution in [-0.2, 0) is 9.59 Å². The third-order valence-electron chi connectivity index (χ3n) is 5.79. The number of carbonyl (C=O) groups is 2. The quantitative estimate of drug-likeness (QED) is 0.710. The molecule has 1 N–H and O–H groups in total. The lowest BCUT2D eigenvalue weighted by atomic mass is 9.78. The van der Waals surface area contributed by atoms with Gasteiger partial charge in [0.1, 0.15) is 12.4 Å². The SMILES string of the molecule is O=C(CCCC(=O)N1CCCC2CCCCC21)NCCOc1ccccc1. The van der Waals surface area contributed by atoms with Crippen LogP contribution in [0.1, 0.15) is 57.8 Å². The highest BCUT2D eigenvalue weighted by Crippen LogP contribution is 2.35.